The number of likely N-dealkylation sites (tertiary alicyclic amines) is 1. The molecule has 1 heterocycles. The zero-order valence-corrected chi connectivity index (χ0v) is 9.37. The number of carbonyl (C=O) groups excluding carboxylic acids is 2. The lowest BCUT2D eigenvalue weighted by Gasteiger charge is -2.33. The van der Waals surface area contributed by atoms with Crippen LogP contribution in [0.5, 0.6) is 0 Å². The van der Waals surface area contributed by atoms with Crippen LogP contribution in [0.15, 0.2) is 0 Å². The number of hydrogen-bond acceptors (Lipinski definition) is 2. The zero-order valence-electron chi connectivity index (χ0n) is 9.37. The van der Waals surface area contributed by atoms with Crippen molar-refractivity contribution in [3.05, 3.63) is 0 Å². The van der Waals surface area contributed by atoms with Gasteiger partial charge in [-0.3, -0.25) is 9.59 Å². The molecule has 84 valence electrons. The Labute approximate surface area is 90.8 Å². The quantitative estimate of drug-likeness (QED) is 0.693. The molecule has 3 heteroatoms. The maximum atomic E-state index is 11.9. The molecule has 0 aromatic rings. The summed E-state index contributed by atoms with van der Waals surface area (Å²) < 4.78 is 0. The highest BCUT2D eigenvalue weighted by Gasteiger charge is 2.29. The van der Waals surface area contributed by atoms with Gasteiger partial charge in [0, 0.05) is 31.8 Å². The molecule has 0 aromatic carbocycles. The van der Waals surface area contributed by atoms with Crippen LogP contribution < -0.4 is 0 Å². The van der Waals surface area contributed by atoms with Gasteiger partial charge in [0.2, 0.25) is 5.91 Å². The summed E-state index contributed by atoms with van der Waals surface area (Å²) in [6.07, 6.45) is 4.98. The van der Waals surface area contributed by atoms with Crippen LogP contribution in [0.3, 0.4) is 0 Å². The third-order valence-corrected chi connectivity index (χ3v) is 3.71. The second kappa shape index (κ2) is 4.33. The van der Waals surface area contributed by atoms with Gasteiger partial charge in [0.05, 0.1) is 0 Å². The minimum Gasteiger partial charge on any atom is -0.342 e. The van der Waals surface area contributed by atoms with Gasteiger partial charge in [-0.2, -0.15) is 0 Å². The lowest BCUT2D eigenvalue weighted by Crippen LogP contribution is -2.43. The van der Waals surface area contributed by atoms with Crippen LogP contribution in [0.2, 0.25) is 0 Å². The van der Waals surface area contributed by atoms with E-state index in [4.69, 9.17) is 0 Å². The van der Waals surface area contributed by atoms with Crippen LogP contribution in [-0.2, 0) is 9.59 Å². The van der Waals surface area contributed by atoms with Gasteiger partial charge in [-0.15, -0.1) is 0 Å². The second-order valence-corrected chi connectivity index (χ2v) is 4.96. The first kappa shape index (κ1) is 10.7. The first-order valence-corrected chi connectivity index (χ1v) is 5.97. The number of piperidine rings is 1. The molecule has 1 atom stereocenters. The topological polar surface area (TPSA) is 37.4 Å². The van der Waals surface area contributed by atoms with Crippen LogP contribution in [-0.4, -0.2) is 29.7 Å². The smallest absolute Gasteiger partial charge is 0.222 e. The van der Waals surface area contributed by atoms with Crippen LogP contribution in [0.1, 0.15) is 39.0 Å². The number of Topliss-reactive ketones (excluding diaryl/α,β-unsaturated/α-hetero) is 1. The molecule has 0 N–H and O–H groups in total. The Morgan fingerprint density at radius 3 is 2.73 bits per heavy atom. The van der Waals surface area contributed by atoms with E-state index in [1.165, 1.54) is 19.3 Å². The van der Waals surface area contributed by atoms with Gasteiger partial charge in [-0.05, 0) is 18.8 Å². The lowest BCUT2D eigenvalue weighted by molar-refractivity contribution is -0.138. The summed E-state index contributed by atoms with van der Waals surface area (Å²) in [7, 11) is 0. The number of nitrogens with zero attached hydrogens (tertiary/aromatic N) is 1. The molecule has 1 amide bonds. The Bertz CT molecular complexity index is 271. The van der Waals surface area contributed by atoms with E-state index in [0.29, 0.717) is 37.6 Å². The van der Waals surface area contributed by atoms with E-state index >= 15 is 0 Å². The molecule has 1 unspecified atom stereocenters. The molecular formula is C12H19NO2. The average Bonchev–Trinajstić information content (AvgIpc) is 2.15. The summed E-state index contributed by atoms with van der Waals surface area (Å²) in [5.74, 6) is 1.25. The minimum absolute atomic E-state index is 0.0455. The summed E-state index contributed by atoms with van der Waals surface area (Å²) in [5, 5.41) is 0. The number of ketones is 1. The Morgan fingerprint density at radius 2 is 2.20 bits per heavy atom. The number of amides is 1. The lowest BCUT2D eigenvalue weighted by atomic mass is 9.82. The van der Waals surface area contributed by atoms with Crippen LogP contribution in [0.4, 0.5) is 0 Å². The highest BCUT2D eigenvalue weighted by atomic mass is 16.2. The predicted octanol–water partition coefficient (Wildman–Crippen LogP) is 1.61. The van der Waals surface area contributed by atoms with Crippen LogP contribution in [0, 0.1) is 11.8 Å². The maximum Gasteiger partial charge on any atom is 0.222 e. The fraction of sp³-hybridized carbons (Fsp3) is 0.833. The molecule has 0 aromatic heterocycles. The number of carbonyl (C=O) groups is 2. The Kier molecular flexibility index (Phi) is 3.08. The molecule has 1 aliphatic heterocycles. The van der Waals surface area contributed by atoms with Gasteiger partial charge in [-0.1, -0.05) is 13.3 Å². The zero-order chi connectivity index (χ0) is 10.8. The van der Waals surface area contributed by atoms with Crippen LogP contribution in [0.25, 0.3) is 0 Å². The summed E-state index contributed by atoms with van der Waals surface area (Å²) in [6, 6.07) is 0. The van der Waals surface area contributed by atoms with Crippen molar-refractivity contribution in [2.24, 2.45) is 11.8 Å². The Hall–Kier alpha value is -0.860. The van der Waals surface area contributed by atoms with Crippen molar-refractivity contribution in [2.75, 3.05) is 13.1 Å². The third kappa shape index (κ3) is 2.39. The predicted molar refractivity (Wildman–Crippen MR) is 57.3 cm³/mol. The van der Waals surface area contributed by atoms with Gasteiger partial charge in [0.25, 0.3) is 0 Å². The van der Waals surface area contributed by atoms with Crippen molar-refractivity contribution in [3.8, 4) is 0 Å². The molecule has 0 bridgehead atoms. The van der Waals surface area contributed by atoms with Gasteiger partial charge in [-0.25, -0.2) is 0 Å². The fourth-order valence-electron chi connectivity index (χ4n) is 2.31. The third-order valence-electron chi connectivity index (χ3n) is 3.71. The van der Waals surface area contributed by atoms with Gasteiger partial charge < -0.3 is 4.90 Å². The number of rotatable bonds is 2. The molecule has 1 saturated heterocycles. The van der Waals surface area contributed by atoms with E-state index in [-0.39, 0.29) is 11.8 Å². The maximum absolute atomic E-state index is 11.9. The Morgan fingerprint density at radius 1 is 1.47 bits per heavy atom. The van der Waals surface area contributed by atoms with Crippen molar-refractivity contribution < 1.29 is 9.59 Å². The van der Waals surface area contributed by atoms with Crippen molar-refractivity contribution >= 4 is 11.7 Å². The monoisotopic (exact) mass is 209 g/mol. The standard InChI is InChI=1S/C12H19NO2/c1-9-8-13(6-5-11(9)14)12(15)7-10-3-2-4-10/h9-10H,2-8H2,1H3. The van der Waals surface area contributed by atoms with Crippen molar-refractivity contribution in [3.63, 3.8) is 0 Å². The molecule has 2 aliphatic rings. The largest absolute Gasteiger partial charge is 0.342 e. The van der Waals surface area contributed by atoms with Crippen LogP contribution >= 0.6 is 0 Å². The summed E-state index contributed by atoms with van der Waals surface area (Å²) in [5.41, 5.74) is 0. The molecule has 0 radical (unpaired) electrons. The first-order valence-electron chi connectivity index (χ1n) is 5.97. The summed E-state index contributed by atoms with van der Waals surface area (Å²) in [4.78, 5) is 25.1. The van der Waals surface area contributed by atoms with Crippen molar-refractivity contribution in [2.45, 2.75) is 39.0 Å². The molecule has 1 aliphatic carbocycles. The molecule has 2 fully saturated rings. The van der Waals surface area contributed by atoms with E-state index in [1.54, 1.807) is 0 Å². The molecule has 0 spiro atoms. The highest BCUT2D eigenvalue weighted by Crippen LogP contribution is 2.30. The molecule has 2 rings (SSSR count). The van der Waals surface area contributed by atoms with Crippen molar-refractivity contribution in [1.29, 1.82) is 0 Å². The molecular weight excluding hydrogens is 190 g/mol. The normalized spacial score (nSPS) is 27.7. The van der Waals surface area contributed by atoms with Gasteiger partial charge in [0.15, 0.2) is 0 Å². The molecule has 3 nitrogen and oxygen atoms in total. The molecule has 15 heavy (non-hydrogen) atoms. The fourth-order valence-corrected chi connectivity index (χ4v) is 2.31. The minimum atomic E-state index is 0.0455. The van der Waals surface area contributed by atoms with E-state index in [1.807, 2.05) is 11.8 Å². The second-order valence-electron chi connectivity index (χ2n) is 4.96. The SMILES string of the molecule is CC1CN(C(=O)CC2CCC2)CCC1=O. The van der Waals surface area contributed by atoms with Gasteiger partial charge >= 0.3 is 0 Å². The highest BCUT2D eigenvalue weighted by molar-refractivity contribution is 5.85. The molecule has 1 saturated carbocycles. The van der Waals surface area contributed by atoms with E-state index < -0.39 is 0 Å². The Balaban J connectivity index is 1.82. The van der Waals surface area contributed by atoms with Gasteiger partial charge in [0.1, 0.15) is 5.78 Å². The van der Waals surface area contributed by atoms with Crippen molar-refractivity contribution in [1.82, 2.24) is 4.90 Å². The van der Waals surface area contributed by atoms with E-state index in [0.717, 1.165) is 0 Å². The number of hydrogen-bond donors (Lipinski definition) is 0. The summed E-state index contributed by atoms with van der Waals surface area (Å²) >= 11 is 0. The first-order chi connectivity index (χ1) is 7.16. The van der Waals surface area contributed by atoms with E-state index in [9.17, 15) is 9.59 Å². The average molecular weight is 209 g/mol. The van der Waals surface area contributed by atoms with E-state index in [2.05, 4.69) is 0 Å². The summed E-state index contributed by atoms with van der Waals surface area (Å²) in [6.45, 7) is 3.21.